The number of rotatable bonds is 3. The van der Waals surface area contributed by atoms with Gasteiger partial charge >= 0.3 is 0 Å². The molecular weight excluding hydrogens is 314 g/mol. The van der Waals surface area contributed by atoms with Crippen LogP contribution in [0.25, 0.3) is 11.4 Å². The van der Waals surface area contributed by atoms with Gasteiger partial charge in [-0.1, -0.05) is 30.3 Å². The fourth-order valence-corrected chi connectivity index (χ4v) is 3.26. The Morgan fingerprint density at radius 2 is 1.88 bits per heavy atom. The standard InChI is InChI=1S/C19H19N5O/c25-19(15-9-11-20-12-10-15)24-13-5-4-8-16(24)18-21-17(22-23-18)14-6-2-1-3-7-14/h1-3,6-7,9-12,16H,4-5,8,13H2,(H,21,22,23). The second kappa shape index (κ2) is 6.84. The molecule has 1 unspecified atom stereocenters. The summed E-state index contributed by atoms with van der Waals surface area (Å²) in [5.41, 5.74) is 1.62. The Morgan fingerprint density at radius 3 is 2.68 bits per heavy atom. The Morgan fingerprint density at radius 1 is 1.08 bits per heavy atom. The highest BCUT2D eigenvalue weighted by Crippen LogP contribution is 2.31. The second-order valence-corrected chi connectivity index (χ2v) is 6.16. The summed E-state index contributed by atoms with van der Waals surface area (Å²) in [5.74, 6) is 1.43. The van der Waals surface area contributed by atoms with Crippen LogP contribution in [0.5, 0.6) is 0 Å². The van der Waals surface area contributed by atoms with Crippen molar-refractivity contribution in [1.82, 2.24) is 25.1 Å². The lowest BCUT2D eigenvalue weighted by Gasteiger charge is -2.34. The van der Waals surface area contributed by atoms with E-state index < -0.39 is 0 Å². The Kier molecular flexibility index (Phi) is 4.24. The van der Waals surface area contributed by atoms with Gasteiger partial charge in [0, 0.05) is 30.1 Å². The fraction of sp³-hybridized carbons (Fsp3) is 0.263. The zero-order valence-electron chi connectivity index (χ0n) is 13.8. The van der Waals surface area contributed by atoms with Crippen molar-refractivity contribution in [2.45, 2.75) is 25.3 Å². The number of carbonyl (C=O) groups excluding carboxylic acids is 1. The number of carbonyl (C=O) groups is 1. The average molecular weight is 333 g/mol. The minimum atomic E-state index is -0.0700. The highest BCUT2D eigenvalue weighted by atomic mass is 16.2. The molecular formula is C19H19N5O. The average Bonchev–Trinajstić information content (AvgIpc) is 3.19. The number of hydrogen-bond donors (Lipinski definition) is 1. The maximum atomic E-state index is 12.9. The Labute approximate surface area is 145 Å². The smallest absolute Gasteiger partial charge is 0.254 e. The molecule has 6 nitrogen and oxygen atoms in total. The number of aromatic nitrogens is 4. The number of benzene rings is 1. The van der Waals surface area contributed by atoms with Gasteiger partial charge in [0.25, 0.3) is 5.91 Å². The molecule has 25 heavy (non-hydrogen) atoms. The maximum Gasteiger partial charge on any atom is 0.254 e. The largest absolute Gasteiger partial charge is 0.328 e. The van der Waals surface area contributed by atoms with Crippen molar-refractivity contribution in [3.63, 3.8) is 0 Å². The Balaban J connectivity index is 1.62. The van der Waals surface area contributed by atoms with Crippen molar-refractivity contribution in [3.05, 3.63) is 66.2 Å². The van der Waals surface area contributed by atoms with Crippen LogP contribution in [0.4, 0.5) is 0 Å². The van der Waals surface area contributed by atoms with Crippen LogP contribution in [0.3, 0.4) is 0 Å². The van der Waals surface area contributed by atoms with Crippen molar-refractivity contribution in [1.29, 1.82) is 0 Å². The first-order valence-corrected chi connectivity index (χ1v) is 8.51. The number of H-pyrrole nitrogens is 1. The number of aromatic amines is 1. The molecule has 0 spiro atoms. The van der Waals surface area contributed by atoms with Gasteiger partial charge in [0.15, 0.2) is 5.82 Å². The van der Waals surface area contributed by atoms with E-state index in [1.54, 1.807) is 24.5 Å². The van der Waals surface area contributed by atoms with Crippen molar-refractivity contribution in [2.24, 2.45) is 0 Å². The summed E-state index contributed by atoms with van der Waals surface area (Å²) < 4.78 is 0. The number of piperidine rings is 1. The van der Waals surface area contributed by atoms with Crippen LogP contribution in [0.15, 0.2) is 54.9 Å². The van der Waals surface area contributed by atoms with Crippen LogP contribution in [0.2, 0.25) is 0 Å². The SMILES string of the molecule is O=C(c1ccncc1)N1CCCCC1c1nc(-c2ccccc2)n[nH]1. The minimum absolute atomic E-state index is 0.0183. The minimum Gasteiger partial charge on any atom is -0.328 e. The van der Waals surface area contributed by atoms with Crippen molar-refractivity contribution in [2.75, 3.05) is 6.54 Å². The van der Waals surface area contributed by atoms with Crippen LogP contribution >= 0.6 is 0 Å². The third kappa shape index (κ3) is 3.15. The van der Waals surface area contributed by atoms with Gasteiger partial charge in [0.05, 0.1) is 6.04 Å². The summed E-state index contributed by atoms with van der Waals surface area (Å²) in [6.45, 7) is 0.729. The number of nitrogens with zero attached hydrogens (tertiary/aromatic N) is 4. The summed E-state index contributed by atoms with van der Waals surface area (Å²) in [6.07, 6.45) is 6.27. The van der Waals surface area contributed by atoms with Gasteiger partial charge in [-0.05, 0) is 31.4 Å². The second-order valence-electron chi connectivity index (χ2n) is 6.16. The number of likely N-dealkylation sites (tertiary alicyclic amines) is 1. The molecule has 6 heteroatoms. The van der Waals surface area contributed by atoms with Crippen LogP contribution in [-0.2, 0) is 0 Å². The predicted molar refractivity (Wildman–Crippen MR) is 93.7 cm³/mol. The maximum absolute atomic E-state index is 12.9. The predicted octanol–water partition coefficient (Wildman–Crippen LogP) is 3.23. The Hall–Kier alpha value is -3.02. The highest BCUT2D eigenvalue weighted by molar-refractivity contribution is 5.94. The van der Waals surface area contributed by atoms with Gasteiger partial charge in [-0.2, -0.15) is 5.10 Å². The molecule has 1 N–H and O–H groups in total. The number of nitrogens with one attached hydrogen (secondary N) is 1. The Bertz CT molecular complexity index is 847. The molecule has 0 aliphatic carbocycles. The zero-order chi connectivity index (χ0) is 17.1. The monoisotopic (exact) mass is 333 g/mol. The van der Waals surface area contributed by atoms with Crippen molar-refractivity contribution >= 4 is 5.91 Å². The lowest BCUT2D eigenvalue weighted by molar-refractivity contribution is 0.0600. The van der Waals surface area contributed by atoms with E-state index in [1.165, 1.54) is 0 Å². The van der Waals surface area contributed by atoms with E-state index in [9.17, 15) is 4.79 Å². The molecule has 4 rings (SSSR count). The molecule has 1 atom stereocenters. The molecule has 1 fully saturated rings. The third-order valence-electron chi connectivity index (χ3n) is 4.54. The van der Waals surface area contributed by atoms with Crippen LogP contribution in [0, 0.1) is 0 Å². The van der Waals surface area contributed by atoms with Crippen molar-refractivity contribution < 1.29 is 4.79 Å². The summed E-state index contributed by atoms with van der Waals surface area (Å²) in [5, 5.41) is 7.39. The molecule has 3 heterocycles. The van der Waals surface area contributed by atoms with E-state index >= 15 is 0 Å². The number of hydrogen-bond acceptors (Lipinski definition) is 4. The summed E-state index contributed by atoms with van der Waals surface area (Å²) >= 11 is 0. The summed E-state index contributed by atoms with van der Waals surface area (Å²) in [4.78, 5) is 23.4. The molecule has 1 aliphatic heterocycles. The molecule has 1 aromatic carbocycles. The number of pyridine rings is 1. The first-order chi connectivity index (χ1) is 12.3. The third-order valence-corrected chi connectivity index (χ3v) is 4.54. The van der Waals surface area contributed by atoms with Gasteiger partial charge in [0.2, 0.25) is 0 Å². The molecule has 2 aromatic heterocycles. The van der Waals surface area contributed by atoms with Gasteiger partial charge in [-0.25, -0.2) is 4.98 Å². The topological polar surface area (TPSA) is 74.8 Å². The van der Waals surface area contributed by atoms with Gasteiger partial charge in [0.1, 0.15) is 5.82 Å². The van der Waals surface area contributed by atoms with Gasteiger partial charge < -0.3 is 4.90 Å². The normalized spacial score (nSPS) is 17.4. The fourth-order valence-electron chi connectivity index (χ4n) is 3.26. The summed E-state index contributed by atoms with van der Waals surface area (Å²) in [7, 11) is 0. The van der Waals surface area contributed by atoms with E-state index in [4.69, 9.17) is 0 Å². The van der Waals surface area contributed by atoms with E-state index in [-0.39, 0.29) is 11.9 Å². The summed E-state index contributed by atoms with van der Waals surface area (Å²) in [6, 6.07) is 13.3. The van der Waals surface area contributed by atoms with Crippen LogP contribution < -0.4 is 0 Å². The first kappa shape index (κ1) is 15.5. The highest BCUT2D eigenvalue weighted by Gasteiger charge is 2.31. The molecule has 1 amide bonds. The zero-order valence-corrected chi connectivity index (χ0v) is 13.8. The molecule has 0 saturated carbocycles. The first-order valence-electron chi connectivity index (χ1n) is 8.51. The van der Waals surface area contributed by atoms with Crippen molar-refractivity contribution in [3.8, 4) is 11.4 Å². The molecule has 0 radical (unpaired) electrons. The van der Waals surface area contributed by atoms with E-state index in [2.05, 4.69) is 20.2 Å². The van der Waals surface area contributed by atoms with E-state index in [1.807, 2.05) is 35.2 Å². The lowest BCUT2D eigenvalue weighted by atomic mass is 10.0. The molecule has 126 valence electrons. The van der Waals surface area contributed by atoms with Crippen LogP contribution in [-0.4, -0.2) is 37.5 Å². The molecule has 1 saturated heterocycles. The quantitative estimate of drug-likeness (QED) is 0.798. The molecule has 3 aromatic rings. The molecule has 1 aliphatic rings. The van der Waals surface area contributed by atoms with Gasteiger partial charge in [-0.3, -0.25) is 14.9 Å². The van der Waals surface area contributed by atoms with Crippen LogP contribution in [0.1, 0.15) is 41.5 Å². The van der Waals surface area contributed by atoms with Gasteiger partial charge in [-0.15, -0.1) is 0 Å². The number of amides is 1. The molecule has 0 bridgehead atoms. The lowest BCUT2D eigenvalue weighted by Crippen LogP contribution is -2.39. The van der Waals surface area contributed by atoms with E-state index in [0.29, 0.717) is 11.4 Å². The van der Waals surface area contributed by atoms with E-state index in [0.717, 1.165) is 37.2 Å².